The van der Waals surface area contributed by atoms with Gasteiger partial charge in [-0.15, -0.1) is 0 Å². The Morgan fingerprint density at radius 1 is 1.33 bits per heavy atom. The third kappa shape index (κ3) is 2.09. The van der Waals surface area contributed by atoms with Gasteiger partial charge in [0, 0.05) is 6.54 Å². The van der Waals surface area contributed by atoms with Crippen molar-refractivity contribution in [1.29, 1.82) is 0 Å². The van der Waals surface area contributed by atoms with E-state index < -0.39 is 0 Å². The molecule has 1 aromatic carbocycles. The minimum atomic E-state index is 0.427. The summed E-state index contributed by atoms with van der Waals surface area (Å²) in [4.78, 5) is 4.44. The van der Waals surface area contributed by atoms with E-state index in [2.05, 4.69) is 41.6 Å². The first-order valence-corrected chi connectivity index (χ1v) is 6.89. The van der Waals surface area contributed by atoms with Crippen LogP contribution < -0.4 is 10.6 Å². The first-order chi connectivity index (χ1) is 8.74. The van der Waals surface area contributed by atoms with E-state index in [0.717, 1.165) is 19.0 Å². The minimum absolute atomic E-state index is 0.427. The van der Waals surface area contributed by atoms with Gasteiger partial charge in [0.1, 0.15) is 0 Å². The second kappa shape index (κ2) is 4.63. The summed E-state index contributed by atoms with van der Waals surface area (Å²) in [5, 5.41) is 6.87. The molecule has 0 fully saturated rings. The minimum Gasteiger partial charge on any atom is -0.355 e. The predicted molar refractivity (Wildman–Crippen MR) is 75.0 cm³/mol. The van der Waals surface area contributed by atoms with E-state index in [1.807, 2.05) is 0 Å². The molecular formula is C15H21N3. The molecular weight excluding hydrogens is 222 g/mol. The summed E-state index contributed by atoms with van der Waals surface area (Å²) in [7, 11) is 0. The van der Waals surface area contributed by atoms with Gasteiger partial charge in [0.2, 0.25) is 0 Å². The highest BCUT2D eigenvalue weighted by molar-refractivity contribution is 5.81. The number of hydrogen-bond donors (Lipinski definition) is 2. The Balaban J connectivity index is 1.90. The number of aliphatic imine (C=N–C) groups is 1. The van der Waals surface area contributed by atoms with Gasteiger partial charge in [-0.1, -0.05) is 17.7 Å². The number of rotatable bonds is 1. The molecule has 2 aliphatic rings. The highest BCUT2D eigenvalue weighted by Gasteiger charge is 2.23. The Morgan fingerprint density at radius 2 is 2.22 bits per heavy atom. The molecule has 0 spiro atoms. The van der Waals surface area contributed by atoms with E-state index in [-0.39, 0.29) is 0 Å². The van der Waals surface area contributed by atoms with Crippen LogP contribution in [0.5, 0.6) is 0 Å². The zero-order valence-corrected chi connectivity index (χ0v) is 11.2. The van der Waals surface area contributed by atoms with Crippen molar-refractivity contribution in [3.63, 3.8) is 0 Å². The number of aryl methyl sites for hydroxylation is 2. The van der Waals surface area contributed by atoms with Gasteiger partial charge in [0.25, 0.3) is 0 Å². The molecule has 1 unspecified atom stereocenters. The Bertz CT molecular complexity index is 491. The fourth-order valence-corrected chi connectivity index (χ4v) is 3.13. The third-order valence-corrected chi connectivity index (χ3v) is 3.93. The summed E-state index contributed by atoms with van der Waals surface area (Å²) in [5.74, 6) is 0.979. The molecule has 0 saturated heterocycles. The van der Waals surface area contributed by atoms with Gasteiger partial charge in [-0.25, -0.2) is 0 Å². The van der Waals surface area contributed by atoms with Gasteiger partial charge < -0.3 is 10.6 Å². The monoisotopic (exact) mass is 243 g/mol. The molecule has 3 rings (SSSR count). The van der Waals surface area contributed by atoms with Gasteiger partial charge in [-0.05, 0) is 49.8 Å². The van der Waals surface area contributed by atoms with E-state index in [0.29, 0.717) is 6.04 Å². The number of nitrogens with zero attached hydrogens (tertiary/aromatic N) is 1. The zero-order chi connectivity index (χ0) is 12.5. The Morgan fingerprint density at radius 3 is 3.00 bits per heavy atom. The summed E-state index contributed by atoms with van der Waals surface area (Å²) in [6, 6.07) is 5.07. The van der Waals surface area contributed by atoms with Gasteiger partial charge in [0.05, 0.1) is 12.6 Å². The summed E-state index contributed by atoms with van der Waals surface area (Å²) in [6.45, 7) is 6.29. The Hall–Kier alpha value is -1.51. The van der Waals surface area contributed by atoms with Crippen LogP contribution in [-0.4, -0.2) is 19.0 Å². The second-order valence-electron chi connectivity index (χ2n) is 5.40. The summed E-state index contributed by atoms with van der Waals surface area (Å²) in [6.07, 6.45) is 3.69. The molecule has 1 heterocycles. The lowest BCUT2D eigenvalue weighted by molar-refractivity contribution is 0.521. The summed E-state index contributed by atoms with van der Waals surface area (Å²) in [5.41, 5.74) is 5.83. The van der Waals surface area contributed by atoms with Crippen molar-refractivity contribution in [3.05, 3.63) is 34.4 Å². The fraction of sp³-hybridized carbons (Fsp3) is 0.533. The first kappa shape index (κ1) is 11.6. The molecule has 18 heavy (non-hydrogen) atoms. The van der Waals surface area contributed by atoms with E-state index in [9.17, 15) is 0 Å². The van der Waals surface area contributed by atoms with E-state index >= 15 is 0 Å². The predicted octanol–water partition coefficient (Wildman–Crippen LogP) is 2.23. The van der Waals surface area contributed by atoms with Crippen molar-refractivity contribution in [1.82, 2.24) is 10.6 Å². The lowest BCUT2D eigenvalue weighted by atomic mass is 9.84. The maximum atomic E-state index is 4.44. The molecule has 2 N–H and O–H groups in total. The summed E-state index contributed by atoms with van der Waals surface area (Å²) >= 11 is 0. The van der Waals surface area contributed by atoms with Crippen LogP contribution in [0.4, 0.5) is 0 Å². The Kier molecular flexibility index (Phi) is 2.98. The lowest BCUT2D eigenvalue weighted by Gasteiger charge is -2.28. The number of nitrogens with one attached hydrogen (secondary N) is 2. The van der Waals surface area contributed by atoms with Crippen molar-refractivity contribution < 1.29 is 0 Å². The van der Waals surface area contributed by atoms with E-state index in [4.69, 9.17) is 0 Å². The smallest absolute Gasteiger partial charge is 0.191 e. The maximum absolute atomic E-state index is 4.44. The molecule has 0 bridgehead atoms. The van der Waals surface area contributed by atoms with Crippen molar-refractivity contribution in [2.24, 2.45) is 4.99 Å². The number of benzene rings is 1. The highest BCUT2D eigenvalue weighted by Crippen LogP contribution is 2.32. The highest BCUT2D eigenvalue weighted by atomic mass is 15.2. The molecule has 0 amide bonds. The molecule has 96 valence electrons. The van der Waals surface area contributed by atoms with Crippen LogP contribution in [0.2, 0.25) is 0 Å². The van der Waals surface area contributed by atoms with E-state index in [1.165, 1.54) is 36.0 Å². The van der Waals surface area contributed by atoms with Crippen molar-refractivity contribution in [3.8, 4) is 0 Å². The number of guanidine groups is 1. The molecule has 3 nitrogen and oxygen atoms in total. The Labute approximate surface area is 109 Å². The van der Waals surface area contributed by atoms with Crippen LogP contribution in [-0.2, 0) is 6.42 Å². The largest absolute Gasteiger partial charge is 0.355 e. The van der Waals surface area contributed by atoms with Gasteiger partial charge in [0.15, 0.2) is 5.96 Å². The van der Waals surface area contributed by atoms with Crippen LogP contribution >= 0.6 is 0 Å². The molecule has 0 radical (unpaired) electrons. The number of fused-ring (bicyclic) bond motifs is 1. The van der Waals surface area contributed by atoms with Crippen LogP contribution in [0, 0.1) is 13.8 Å². The third-order valence-electron chi connectivity index (χ3n) is 3.93. The fourth-order valence-electron chi connectivity index (χ4n) is 3.13. The molecule has 1 aromatic rings. The normalized spacial score (nSPS) is 22.1. The molecule has 0 saturated carbocycles. The molecule has 1 aliphatic heterocycles. The van der Waals surface area contributed by atoms with Crippen molar-refractivity contribution in [2.45, 2.75) is 39.2 Å². The van der Waals surface area contributed by atoms with Crippen LogP contribution in [0.1, 0.15) is 41.1 Å². The van der Waals surface area contributed by atoms with Crippen LogP contribution in [0.3, 0.4) is 0 Å². The molecule has 3 heteroatoms. The SMILES string of the molecule is Cc1cc(C)c2c(c1)C(NC1=NCCN1)CCC2. The standard InChI is InChI=1S/C15H21N3/c1-10-8-11(2)12-4-3-5-14(13(12)9-10)18-15-16-6-7-17-15/h8-9,14H,3-7H2,1-2H3,(H2,16,17,18). The maximum Gasteiger partial charge on any atom is 0.191 e. The van der Waals surface area contributed by atoms with Gasteiger partial charge in [-0.3, -0.25) is 4.99 Å². The molecule has 1 aliphatic carbocycles. The summed E-state index contributed by atoms with van der Waals surface area (Å²) < 4.78 is 0. The molecule has 0 aromatic heterocycles. The number of hydrogen-bond acceptors (Lipinski definition) is 3. The first-order valence-electron chi connectivity index (χ1n) is 6.89. The average Bonchev–Trinajstić information content (AvgIpc) is 2.83. The zero-order valence-electron chi connectivity index (χ0n) is 11.2. The van der Waals surface area contributed by atoms with E-state index in [1.54, 1.807) is 5.56 Å². The van der Waals surface area contributed by atoms with Crippen molar-refractivity contribution >= 4 is 5.96 Å². The van der Waals surface area contributed by atoms with Crippen LogP contribution in [0.15, 0.2) is 17.1 Å². The lowest BCUT2D eigenvalue weighted by Crippen LogP contribution is -2.38. The second-order valence-corrected chi connectivity index (χ2v) is 5.40. The van der Waals surface area contributed by atoms with Gasteiger partial charge in [-0.2, -0.15) is 0 Å². The molecule has 1 atom stereocenters. The van der Waals surface area contributed by atoms with Gasteiger partial charge >= 0.3 is 0 Å². The quantitative estimate of drug-likeness (QED) is 0.793. The topological polar surface area (TPSA) is 36.4 Å². The van der Waals surface area contributed by atoms with Crippen LogP contribution in [0.25, 0.3) is 0 Å². The average molecular weight is 243 g/mol. The van der Waals surface area contributed by atoms with Crippen molar-refractivity contribution in [2.75, 3.05) is 13.1 Å².